The van der Waals surface area contributed by atoms with Crippen molar-refractivity contribution in [2.75, 3.05) is 55.6 Å². The van der Waals surface area contributed by atoms with E-state index in [1.807, 2.05) is 0 Å². The normalized spacial score (nSPS) is 28.8. The average molecular weight is 677 g/mol. The molecule has 3 atom stereocenters. The van der Waals surface area contributed by atoms with Gasteiger partial charge in [-0.3, -0.25) is 9.59 Å². The number of benzene rings is 1. The number of nitrogens with one attached hydrogen (secondary N) is 2. The average Bonchev–Trinajstić information content (AvgIpc) is 3.37. The lowest BCUT2D eigenvalue weighted by atomic mass is 9.77. The van der Waals surface area contributed by atoms with Crippen molar-refractivity contribution >= 4 is 44.9 Å². The molecule has 4 heterocycles. The third kappa shape index (κ3) is 5.99. The first-order valence-corrected chi connectivity index (χ1v) is 18.1. The van der Waals surface area contributed by atoms with Crippen molar-refractivity contribution in [2.45, 2.75) is 55.4 Å². The topological polar surface area (TPSA) is 115 Å². The second kappa shape index (κ2) is 12.3. The molecule has 46 heavy (non-hydrogen) atoms. The van der Waals surface area contributed by atoms with Crippen LogP contribution in [0.4, 0.5) is 20.3 Å². The van der Waals surface area contributed by atoms with Crippen molar-refractivity contribution in [3.05, 3.63) is 47.1 Å². The van der Waals surface area contributed by atoms with Crippen LogP contribution in [0.2, 0.25) is 5.15 Å². The van der Waals surface area contributed by atoms with Crippen LogP contribution in [0.3, 0.4) is 0 Å². The summed E-state index contributed by atoms with van der Waals surface area (Å²) in [5.74, 6) is -2.98. The number of aromatic nitrogens is 1. The molecule has 0 spiro atoms. The monoisotopic (exact) mass is 676 g/mol. The SMILES string of the molecule is O=C(NC1[C@H]2CNC[C@@H]12)C1CCC(C(F)(F)c2cc(Cl)nc(N3CCN(S(=O)(=O)c4ccc(N5CCCC5=O)cc4)CC3)c2)CC1. The Balaban J connectivity index is 0.959. The maximum atomic E-state index is 15.9. The molecule has 1 unspecified atom stereocenters. The molecule has 10 nitrogen and oxygen atoms in total. The lowest BCUT2D eigenvalue weighted by Crippen LogP contribution is -2.49. The number of pyridine rings is 1. The van der Waals surface area contributed by atoms with Crippen molar-refractivity contribution < 1.29 is 26.8 Å². The van der Waals surface area contributed by atoms with Gasteiger partial charge in [-0.1, -0.05) is 11.6 Å². The Morgan fingerprint density at radius 2 is 1.65 bits per heavy atom. The molecule has 5 aliphatic rings. The highest BCUT2D eigenvalue weighted by atomic mass is 35.5. The number of piperazine rings is 1. The number of alkyl halides is 2. The molecule has 7 rings (SSSR count). The van der Waals surface area contributed by atoms with Gasteiger partial charge in [-0.05, 0) is 80.3 Å². The summed E-state index contributed by atoms with van der Waals surface area (Å²) in [6, 6.07) is 9.15. The third-order valence-corrected chi connectivity index (χ3v) is 12.7. The smallest absolute Gasteiger partial charge is 0.276 e. The number of halogens is 3. The Morgan fingerprint density at radius 3 is 2.28 bits per heavy atom. The molecule has 1 aromatic carbocycles. The maximum Gasteiger partial charge on any atom is 0.276 e. The molecular formula is C32H39ClF2N6O4S. The summed E-state index contributed by atoms with van der Waals surface area (Å²) in [5.41, 5.74) is 0.471. The lowest BCUT2D eigenvalue weighted by Gasteiger charge is -2.36. The molecule has 248 valence electrons. The summed E-state index contributed by atoms with van der Waals surface area (Å²) in [4.78, 5) is 32.7. The summed E-state index contributed by atoms with van der Waals surface area (Å²) < 4.78 is 59.9. The van der Waals surface area contributed by atoms with Crippen LogP contribution in [0.5, 0.6) is 0 Å². The predicted octanol–water partition coefficient (Wildman–Crippen LogP) is 3.60. The van der Waals surface area contributed by atoms with Crippen LogP contribution in [0, 0.1) is 23.7 Å². The van der Waals surface area contributed by atoms with Gasteiger partial charge in [0, 0.05) is 81.4 Å². The van der Waals surface area contributed by atoms with Crippen LogP contribution in [-0.2, 0) is 25.5 Å². The van der Waals surface area contributed by atoms with Crippen LogP contribution in [0.1, 0.15) is 44.1 Å². The van der Waals surface area contributed by atoms with E-state index in [4.69, 9.17) is 11.6 Å². The van der Waals surface area contributed by atoms with Crippen molar-refractivity contribution in [2.24, 2.45) is 23.7 Å². The molecule has 3 aliphatic heterocycles. The van der Waals surface area contributed by atoms with E-state index in [-0.39, 0.29) is 84.2 Å². The molecule has 2 aromatic rings. The van der Waals surface area contributed by atoms with E-state index in [2.05, 4.69) is 15.6 Å². The van der Waals surface area contributed by atoms with Crippen LogP contribution in [-0.4, -0.2) is 81.4 Å². The zero-order valence-electron chi connectivity index (χ0n) is 25.5. The molecule has 2 saturated carbocycles. The molecule has 1 aromatic heterocycles. The number of rotatable bonds is 8. The summed E-state index contributed by atoms with van der Waals surface area (Å²) in [7, 11) is -3.79. The largest absolute Gasteiger partial charge is 0.354 e. The van der Waals surface area contributed by atoms with E-state index >= 15 is 8.78 Å². The first kappa shape index (κ1) is 31.7. The number of sulfonamides is 1. The van der Waals surface area contributed by atoms with E-state index in [0.29, 0.717) is 43.3 Å². The first-order valence-electron chi connectivity index (χ1n) is 16.2. The second-order valence-electron chi connectivity index (χ2n) is 13.3. The highest BCUT2D eigenvalue weighted by Gasteiger charge is 2.54. The van der Waals surface area contributed by atoms with E-state index in [9.17, 15) is 18.0 Å². The van der Waals surface area contributed by atoms with Gasteiger partial charge in [-0.2, -0.15) is 4.31 Å². The number of anilines is 2. The Kier molecular flexibility index (Phi) is 8.48. The Hall–Kier alpha value is -2.87. The molecule has 0 bridgehead atoms. The standard InChI is InChI=1S/C32H39ClF2N6O4S/c33-27-16-22(32(34,35)21-5-3-20(4-6-21)31(43)38-30-25-18-36-19-26(25)30)17-28(37-27)39-12-14-40(15-13-39)46(44,45)24-9-7-23(8-10-24)41-11-1-2-29(41)42/h7-10,16-17,20-21,25-26,30,36H,1-6,11-15,18-19H2,(H,38,43)/t20?,21?,25-,26+,30?. The molecular weight excluding hydrogens is 638 g/mol. The molecule has 0 radical (unpaired) electrons. The first-order chi connectivity index (χ1) is 22.0. The van der Waals surface area contributed by atoms with Gasteiger partial charge in [-0.15, -0.1) is 0 Å². The van der Waals surface area contributed by atoms with E-state index in [1.165, 1.54) is 28.6 Å². The van der Waals surface area contributed by atoms with Gasteiger partial charge < -0.3 is 20.4 Å². The molecule has 5 fully saturated rings. The quantitative estimate of drug-likeness (QED) is 0.411. The van der Waals surface area contributed by atoms with E-state index < -0.39 is 21.9 Å². The van der Waals surface area contributed by atoms with Crippen LogP contribution >= 0.6 is 11.6 Å². The minimum Gasteiger partial charge on any atom is -0.354 e. The number of amides is 2. The van der Waals surface area contributed by atoms with E-state index in [0.717, 1.165) is 19.5 Å². The van der Waals surface area contributed by atoms with Gasteiger partial charge in [0.05, 0.1) is 4.90 Å². The number of carbonyl (C=O) groups is 2. The number of piperidine rings is 1. The summed E-state index contributed by atoms with van der Waals surface area (Å²) in [5, 5.41) is 6.41. The Morgan fingerprint density at radius 1 is 0.978 bits per heavy atom. The zero-order chi connectivity index (χ0) is 32.2. The zero-order valence-corrected chi connectivity index (χ0v) is 27.1. The van der Waals surface area contributed by atoms with Gasteiger partial charge >= 0.3 is 0 Å². The lowest BCUT2D eigenvalue weighted by molar-refractivity contribution is -0.129. The molecule has 2 aliphatic carbocycles. The van der Waals surface area contributed by atoms with Gasteiger partial charge in [0.25, 0.3) is 5.92 Å². The number of carbonyl (C=O) groups excluding carboxylic acids is 2. The Bertz CT molecular complexity index is 1590. The fourth-order valence-corrected chi connectivity index (χ4v) is 9.36. The summed E-state index contributed by atoms with van der Waals surface area (Å²) >= 11 is 6.26. The van der Waals surface area contributed by atoms with E-state index in [1.54, 1.807) is 21.9 Å². The Labute approximate surface area is 272 Å². The van der Waals surface area contributed by atoms with Crippen molar-refractivity contribution in [3.63, 3.8) is 0 Å². The molecule has 2 N–H and O–H groups in total. The number of nitrogens with zero attached hydrogens (tertiary/aromatic N) is 4. The van der Waals surface area contributed by atoms with Crippen molar-refractivity contribution in [1.82, 2.24) is 19.9 Å². The molecule has 3 saturated heterocycles. The van der Waals surface area contributed by atoms with Gasteiger partial charge in [0.1, 0.15) is 11.0 Å². The fourth-order valence-electron chi connectivity index (χ4n) is 7.73. The van der Waals surface area contributed by atoms with Gasteiger partial charge in [0.2, 0.25) is 21.8 Å². The summed E-state index contributed by atoms with van der Waals surface area (Å²) in [6.07, 6.45) is 2.60. The maximum absolute atomic E-state index is 15.9. The number of hydrogen-bond acceptors (Lipinski definition) is 7. The highest BCUT2D eigenvalue weighted by molar-refractivity contribution is 7.89. The van der Waals surface area contributed by atoms with Crippen LogP contribution < -0.4 is 20.4 Å². The second-order valence-corrected chi connectivity index (χ2v) is 15.6. The molecule has 2 amide bonds. The molecule has 14 heteroatoms. The van der Waals surface area contributed by atoms with Gasteiger partial charge in [-0.25, -0.2) is 22.2 Å². The number of hydrogen-bond donors (Lipinski definition) is 2. The minimum atomic E-state index is -3.79. The fraction of sp³-hybridized carbons (Fsp3) is 0.594. The van der Waals surface area contributed by atoms with Gasteiger partial charge in [0.15, 0.2) is 0 Å². The van der Waals surface area contributed by atoms with Crippen molar-refractivity contribution in [1.29, 1.82) is 0 Å². The minimum absolute atomic E-state index is 0.00727. The summed E-state index contributed by atoms with van der Waals surface area (Å²) in [6.45, 7) is 3.31. The number of fused-ring (bicyclic) bond motifs is 1. The highest BCUT2D eigenvalue weighted by Crippen LogP contribution is 2.47. The third-order valence-electron chi connectivity index (χ3n) is 10.6. The van der Waals surface area contributed by atoms with Crippen LogP contribution in [0.15, 0.2) is 41.3 Å². The van der Waals surface area contributed by atoms with Crippen molar-refractivity contribution in [3.8, 4) is 0 Å². The van der Waals surface area contributed by atoms with Crippen LogP contribution in [0.25, 0.3) is 0 Å². The predicted molar refractivity (Wildman–Crippen MR) is 169 cm³/mol.